The van der Waals surface area contributed by atoms with Crippen molar-refractivity contribution in [3.8, 4) is 0 Å². The van der Waals surface area contributed by atoms with Gasteiger partial charge in [0.05, 0.1) is 19.8 Å². The Hall–Kier alpha value is -0.650. The van der Waals surface area contributed by atoms with Gasteiger partial charge >= 0.3 is 5.97 Å². The van der Waals surface area contributed by atoms with Crippen LogP contribution in [0.25, 0.3) is 0 Å². The molecule has 1 N–H and O–H groups in total. The highest BCUT2D eigenvalue weighted by Crippen LogP contribution is 2.20. The molecule has 0 aromatic carbocycles. The molecule has 5 nitrogen and oxygen atoms in total. The van der Waals surface area contributed by atoms with E-state index in [1.165, 1.54) is 12.8 Å². The molecule has 1 heterocycles. The van der Waals surface area contributed by atoms with Crippen molar-refractivity contribution in [2.45, 2.75) is 51.2 Å². The molecule has 0 bridgehead atoms. The maximum absolute atomic E-state index is 11.9. The van der Waals surface area contributed by atoms with Crippen LogP contribution in [0.15, 0.2) is 0 Å². The van der Waals surface area contributed by atoms with Gasteiger partial charge in [-0.15, -0.1) is 0 Å². The molecule has 2 aliphatic rings. The highest BCUT2D eigenvalue weighted by atomic mass is 16.5. The first-order valence-corrected chi connectivity index (χ1v) is 7.45. The monoisotopic (exact) mass is 270 g/mol. The molecule has 19 heavy (non-hydrogen) atoms. The molecule has 0 spiro atoms. The number of hydrogen-bond acceptors (Lipinski definition) is 5. The van der Waals surface area contributed by atoms with Crippen molar-refractivity contribution in [2.24, 2.45) is 0 Å². The van der Waals surface area contributed by atoms with Crippen molar-refractivity contribution >= 4 is 5.97 Å². The van der Waals surface area contributed by atoms with Crippen molar-refractivity contribution in [2.75, 3.05) is 32.9 Å². The summed E-state index contributed by atoms with van der Waals surface area (Å²) in [6, 6.07) is 0.816. The van der Waals surface area contributed by atoms with E-state index >= 15 is 0 Å². The quantitative estimate of drug-likeness (QED) is 0.693. The number of carbonyl (C=O) groups is 1. The fourth-order valence-electron chi connectivity index (χ4n) is 2.44. The van der Waals surface area contributed by atoms with Gasteiger partial charge in [-0.3, -0.25) is 9.69 Å². The largest absolute Gasteiger partial charge is 0.465 e. The van der Waals surface area contributed by atoms with Crippen molar-refractivity contribution in [3.63, 3.8) is 0 Å². The van der Waals surface area contributed by atoms with Crippen LogP contribution in [0.1, 0.15) is 33.1 Å². The van der Waals surface area contributed by atoms with Crippen LogP contribution in [0.2, 0.25) is 0 Å². The van der Waals surface area contributed by atoms with E-state index in [9.17, 15) is 4.79 Å². The Morgan fingerprint density at radius 1 is 1.53 bits per heavy atom. The number of rotatable bonds is 7. The summed E-state index contributed by atoms with van der Waals surface area (Å²) in [7, 11) is 0. The molecule has 1 saturated heterocycles. The number of hydrogen-bond donors (Lipinski definition) is 1. The molecule has 5 heteroatoms. The van der Waals surface area contributed by atoms with E-state index in [-0.39, 0.29) is 12.0 Å². The Morgan fingerprint density at radius 3 is 2.95 bits per heavy atom. The fraction of sp³-hybridized carbons (Fsp3) is 0.929. The van der Waals surface area contributed by atoms with Crippen molar-refractivity contribution in [1.29, 1.82) is 0 Å². The van der Waals surface area contributed by atoms with Gasteiger partial charge in [-0.05, 0) is 33.1 Å². The van der Waals surface area contributed by atoms with E-state index in [1.807, 2.05) is 6.92 Å². The van der Waals surface area contributed by atoms with E-state index in [2.05, 4.69) is 17.1 Å². The topological polar surface area (TPSA) is 50.8 Å². The van der Waals surface area contributed by atoms with Crippen molar-refractivity contribution < 1.29 is 14.3 Å². The Kier molecular flexibility index (Phi) is 5.60. The SMILES string of the molecule is CCOC(=O)C(CCN1CCOCC1C)NC1CC1. The number of carbonyl (C=O) groups excluding carboxylic acids is 1. The van der Waals surface area contributed by atoms with Crippen LogP contribution in [0, 0.1) is 0 Å². The summed E-state index contributed by atoms with van der Waals surface area (Å²) in [5.74, 6) is -0.102. The van der Waals surface area contributed by atoms with E-state index in [0.29, 0.717) is 18.7 Å². The summed E-state index contributed by atoms with van der Waals surface area (Å²) >= 11 is 0. The summed E-state index contributed by atoms with van der Waals surface area (Å²) in [6.07, 6.45) is 3.19. The molecule has 2 atom stereocenters. The summed E-state index contributed by atoms with van der Waals surface area (Å²) in [6.45, 7) is 7.96. The van der Waals surface area contributed by atoms with Gasteiger partial charge in [-0.1, -0.05) is 0 Å². The summed E-state index contributed by atoms with van der Waals surface area (Å²) in [4.78, 5) is 14.3. The zero-order valence-corrected chi connectivity index (χ0v) is 12.1. The molecule has 2 fully saturated rings. The summed E-state index contributed by atoms with van der Waals surface area (Å²) in [5.41, 5.74) is 0. The minimum absolute atomic E-state index is 0.102. The maximum Gasteiger partial charge on any atom is 0.323 e. The van der Waals surface area contributed by atoms with Crippen LogP contribution in [0.5, 0.6) is 0 Å². The van der Waals surface area contributed by atoms with Crippen LogP contribution in [0.3, 0.4) is 0 Å². The molecule has 2 rings (SSSR count). The second kappa shape index (κ2) is 7.22. The van der Waals surface area contributed by atoms with E-state index in [4.69, 9.17) is 9.47 Å². The lowest BCUT2D eigenvalue weighted by Crippen LogP contribution is -2.47. The number of nitrogens with one attached hydrogen (secondary N) is 1. The van der Waals surface area contributed by atoms with E-state index in [0.717, 1.165) is 32.7 Å². The van der Waals surface area contributed by atoms with Crippen molar-refractivity contribution in [3.05, 3.63) is 0 Å². The first kappa shape index (κ1) is 14.8. The van der Waals surface area contributed by atoms with Crippen LogP contribution in [-0.2, 0) is 14.3 Å². The van der Waals surface area contributed by atoms with Crippen LogP contribution in [-0.4, -0.2) is 61.9 Å². The van der Waals surface area contributed by atoms with Gasteiger partial charge in [0.25, 0.3) is 0 Å². The first-order valence-electron chi connectivity index (χ1n) is 7.45. The van der Waals surface area contributed by atoms with Gasteiger partial charge in [0.1, 0.15) is 6.04 Å². The molecule has 1 aliphatic heterocycles. The second-order valence-electron chi connectivity index (χ2n) is 5.49. The minimum atomic E-state index is -0.150. The highest BCUT2D eigenvalue weighted by Gasteiger charge is 2.30. The maximum atomic E-state index is 11.9. The van der Waals surface area contributed by atoms with Gasteiger partial charge < -0.3 is 14.8 Å². The van der Waals surface area contributed by atoms with Gasteiger partial charge in [0.2, 0.25) is 0 Å². The molecule has 0 aromatic heterocycles. The fourth-order valence-corrected chi connectivity index (χ4v) is 2.44. The normalized spacial score (nSPS) is 26.1. The molecular weight excluding hydrogens is 244 g/mol. The standard InChI is InChI=1S/C14H26N2O3/c1-3-19-14(17)13(15-12-4-5-12)6-7-16-8-9-18-10-11(16)2/h11-13,15H,3-10H2,1-2H3. The Bertz CT molecular complexity index is 294. The molecule has 0 aromatic rings. The van der Waals surface area contributed by atoms with Crippen molar-refractivity contribution in [1.82, 2.24) is 10.2 Å². The van der Waals surface area contributed by atoms with E-state index in [1.54, 1.807) is 0 Å². The number of nitrogens with zero attached hydrogens (tertiary/aromatic N) is 1. The van der Waals surface area contributed by atoms with Crippen LogP contribution < -0.4 is 5.32 Å². The van der Waals surface area contributed by atoms with Crippen LogP contribution >= 0.6 is 0 Å². The molecule has 1 aliphatic carbocycles. The Balaban J connectivity index is 1.78. The lowest BCUT2D eigenvalue weighted by Gasteiger charge is -2.34. The molecular formula is C14H26N2O3. The Morgan fingerprint density at radius 2 is 2.32 bits per heavy atom. The smallest absolute Gasteiger partial charge is 0.323 e. The lowest BCUT2D eigenvalue weighted by molar-refractivity contribution is -0.146. The predicted octanol–water partition coefficient (Wildman–Crippen LogP) is 0.781. The highest BCUT2D eigenvalue weighted by molar-refractivity contribution is 5.75. The third kappa shape index (κ3) is 4.75. The molecule has 110 valence electrons. The zero-order chi connectivity index (χ0) is 13.7. The second-order valence-corrected chi connectivity index (χ2v) is 5.49. The number of esters is 1. The average molecular weight is 270 g/mol. The predicted molar refractivity (Wildman–Crippen MR) is 73.0 cm³/mol. The third-order valence-corrected chi connectivity index (χ3v) is 3.80. The van der Waals surface area contributed by atoms with Gasteiger partial charge in [0, 0.05) is 25.2 Å². The minimum Gasteiger partial charge on any atom is -0.465 e. The zero-order valence-electron chi connectivity index (χ0n) is 12.1. The molecule has 0 radical (unpaired) electrons. The molecule has 2 unspecified atom stereocenters. The van der Waals surface area contributed by atoms with E-state index < -0.39 is 0 Å². The van der Waals surface area contributed by atoms with Crippen LogP contribution in [0.4, 0.5) is 0 Å². The third-order valence-electron chi connectivity index (χ3n) is 3.80. The lowest BCUT2D eigenvalue weighted by atomic mass is 10.1. The number of morpholine rings is 1. The van der Waals surface area contributed by atoms with Gasteiger partial charge in [-0.2, -0.15) is 0 Å². The first-order chi connectivity index (χ1) is 9.20. The molecule has 0 amide bonds. The summed E-state index contributed by atoms with van der Waals surface area (Å²) < 4.78 is 10.6. The molecule has 1 saturated carbocycles. The Labute approximate surface area is 115 Å². The summed E-state index contributed by atoms with van der Waals surface area (Å²) in [5, 5.41) is 3.40. The number of ether oxygens (including phenoxy) is 2. The average Bonchev–Trinajstić information content (AvgIpc) is 3.20. The van der Waals surface area contributed by atoms with Gasteiger partial charge in [0.15, 0.2) is 0 Å². The van der Waals surface area contributed by atoms with Gasteiger partial charge in [-0.25, -0.2) is 0 Å².